The maximum absolute atomic E-state index is 6.56. The molecule has 0 aliphatic heterocycles. The van der Waals surface area contributed by atoms with Gasteiger partial charge in [-0.3, -0.25) is 0 Å². The van der Waals surface area contributed by atoms with Gasteiger partial charge in [-0.25, -0.2) is 4.98 Å². The number of hydrogen-bond donors (Lipinski definition) is 0. The van der Waals surface area contributed by atoms with Crippen molar-refractivity contribution in [1.82, 2.24) is 4.98 Å². The molecule has 0 saturated heterocycles. The monoisotopic (exact) mass is 790 g/mol. The highest BCUT2D eigenvalue weighted by atomic mass is 16.3. The van der Waals surface area contributed by atoms with Gasteiger partial charge in [-0.1, -0.05) is 170 Å². The molecule has 3 heteroatoms. The lowest BCUT2D eigenvalue weighted by Crippen LogP contribution is -2.11. The SMILES string of the molecule is c1ccc(-c2nc3ccc4c5ccccc5c(-c5ccc(N(c6ccc(-c7cc8ccccc8c8ccccc78)cc6)c6ccccc6-c6ccccc6)cc5)cc4c3o2)cc1. The average molecular weight is 791 g/mol. The molecule has 0 amide bonds. The molecule has 1 heterocycles. The Morgan fingerprint density at radius 3 is 1.47 bits per heavy atom. The average Bonchev–Trinajstić information content (AvgIpc) is 3.80. The first-order chi connectivity index (χ1) is 30.7. The van der Waals surface area contributed by atoms with Gasteiger partial charge in [-0.15, -0.1) is 0 Å². The van der Waals surface area contributed by atoms with Crippen molar-refractivity contribution in [3.05, 3.63) is 231 Å². The molecule has 62 heavy (non-hydrogen) atoms. The zero-order valence-electron chi connectivity index (χ0n) is 33.7. The highest BCUT2D eigenvalue weighted by molar-refractivity contribution is 6.19. The summed E-state index contributed by atoms with van der Waals surface area (Å²) in [5, 5.41) is 9.60. The Balaban J connectivity index is 0.999. The summed E-state index contributed by atoms with van der Waals surface area (Å²) in [4.78, 5) is 7.29. The van der Waals surface area contributed by atoms with Crippen molar-refractivity contribution in [2.45, 2.75) is 0 Å². The van der Waals surface area contributed by atoms with Gasteiger partial charge in [0.05, 0.1) is 5.69 Å². The van der Waals surface area contributed by atoms with E-state index in [1.165, 1.54) is 49.0 Å². The Bertz CT molecular complexity index is 3610. The Morgan fingerprint density at radius 2 is 0.806 bits per heavy atom. The van der Waals surface area contributed by atoms with E-state index in [-0.39, 0.29) is 0 Å². The van der Waals surface area contributed by atoms with Crippen LogP contribution in [0.1, 0.15) is 0 Å². The topological polar surface area (TPSA) is 29.3 Å². The predicted molar refractivity (Wildman–Crippen MR) is 260 cm³/mol. The molecule has 0 bridgehead atoms. The molecule has 11 aromatic carbocycles. The van der Waals surface area contributed by atoms with Crippen LogP contribution in [-0.2, 0) is 0 Å². The third kappa shape index (κ3) is 6.02. The van der Waals surface area contributed by atoms with E-state index in [4.69, 9.17) is 9.40 Å². The van der Waals surface area contributed by atoms with Crippen molar-refractivity contribution in [3.63, 3.8) is 0 Å². The smallest absolute Gasteiger partial charge is 0.227 e. The third-order valence-corrected chi connectivity index (χ3v) is 12.3. The molecule has 1 aromatic heterocycles. The summed E-state index contributed by atoms with van der Waals surface area (Å²) in [5.41, 5.74) is 12.9. The van der Waals surface area contributed by atoms with E-state index < -0.39 is 0 Å². The van der Waals surface area contributed by atoms with Gasteiger partial charge in [0.15, 0.2) is 5.58 Å². The Kier molecular flexibility index (Phi) is 8.50. The number of rotatable bonds is 7. The van der Waals surface area contributed by atoms with E-state index in [0.29, 0.717) is 5.89 Å². The van der Waals surface area contributed by atoms with Crippen LogP contribution in [0.3, 0.4) is 0 Å². The van der Waals surface area contributed by atoms with Crippen LogP contribution in [0.2, 0.25) is 0 Å². The van der Waals surface area contributed by atoms with Crippen LogP contribution in [0.5, 0.6) is 0 Å². The van der Waals surface area contributed by atoms with Gasteiger partial charge in [0, 0.05) is 27.9 Å². The van der Waals surface area contributed by atoms with Crippen molar-refractivity contribution in [1.29, 1.82) is 0 Å². The maximum atomic E-state index is 6.56. The van der Waals surface area contributed by atoms with E-state index in [2.05, 4.69) is 205 Å². The standard InChI is InChI=1S/C59H38N2O/c1-3-15-39(16-4-1)47-21-13-14-26-57(47)61(44-31-27-40(28-32-44)53-37-43-19-7-8-20-46(43)48-22-9-11-24-50(48)53)45-33-29-41(30-34-45)54-38-55-52(49-23-10-12-25-51(49)54)35-36-56-58(55)62-59(60-56)42-17-5-2-6-18-42/h1-38H. The van der Waals surface area contributed by atoms with E-state index >= 15 is 0 Å². The van der Waals surface area contributed by atoms with Gasteiger partial charge < -0.3 is 9.32 Å². The fourth-order valence-electron chi connectivity index (χ4n) is 9.34. The molecule has 0 N–H and O–H groups in total. The fourth-order valence-corrected chi connectivity index (χ4v) is 9.34. The molecule has 0 fully saturated rings. The molecule has 0 saturated carbocycles. The second-order valence-corrected chi connectivity index (χ2v) is 15.9. The lowest BCUT2D eigenvalue weighted by molar-refractivity contribution is 0.623. The van der Waals surface area contributed by atoms with Crippen LogP contribution in [-0.4, -0.2) is 4.98 Å². The summed E-state index contributed by atoms with van der Waals surface area (Å²) >= 11 is 0. The molecule has 290 valence electrons. The largest absolute Gasteiger partial charge is 0.435 e. The van der Waals surface area contributed by atoms with Crippen molar-refractivity contribution >= 4 is 71.3 Å². The second kappa shape index (κ2) is 14.8. The number of hydrogen-bond acceptors (Lipinski definition) is 3. The number of benzene rings is 11. The molecule has 12 rings (SSSR count). The van der Waals surface area contributed by atoms with Crippen LogP contribution < -0.4 is 4.90 Å². The summed E-state index contributed by atoms with van der Waals surface area (Å²) in [6.45, 7) is 0. The molecular weight excluding hydrogens is 753 g/mol. The number of aromatic nitrogens is 1. The first-order valence-electron chi connectivity index (χ1n) is 21.1. The molecule has 0 radical (unpaired) electrons. The molecular formula is C59H38N2O. The minimum atomic E-state index is 0.627. The lowest BCUT2D eigenvalue weighted by atomic mass is 9.92. The molecule has 12 aromatic rings. The number of nitrogens with zero attached hydrogens (tertiary/aromatic N) is 2. The molecule has 0 aliphatic rings. The minimum Gasteiger partial charge on any atom is -0.435 e. The third-order valence-electron chi connectivity index (χ3n) is 12.3. The van der Waals surface area contributed by atoms with Gasteiger partial charge in [0.1, 0.15) is 5.52 Å². The minimum absolute atomic E-state index is 0.627. The van der Waals surface area contributed by atoms with Crippen LogP contribution >= 0.6 is 0 Å². The van der Waals surface area contributed by atoms with Crippen molar-refractivity contribution in [2.75, 3.05) is 4.90 Å². The summed E-state index contributed by atoms with van der Waals surface area (Å²) in [5.74, 6) is 0.627. The van der Waals surface area contributed by atoms with Gasteiger partial charge in [0.25, 0.3) is 0 Å². The number of anilines is 3. The van der Waals surface area contributed by atoms with Crippen molar-refractivity contribution < 1.29 is 4.42 Å². The van der Waals surface area contributed by atoms with E-state index in [1.54, 1.807) is 0 Å². The highest BCUT2D eigenvalue weighted by Crippen LogP contribution is 2.44. The quantitative estimate of drug-likeness (QED) is 0.151. The number of oxazole rings is 1. The van der Waals surface area contributed by atoms with Crippen molar-refractivity contribution in [2.24, 2.45) is 0 Å². The lowest BCUT2D eigenvalue weighted by Gasteiger charge is -2.28. The van der Waals surface area contributed by atoms with Gasteiger partial charge >= 0.3 is 0 Å². The predicted octanol–water partition coefficient (Wildman–Crippen LogP) is 16.6. The summed E-state index contributed by atoms with van der Waals surface area (Å²) in [6, 6.07) is 82.5. The number of fused-ring (bicyclic) bond motifs is 8. The summed E-state index contributed by atoms with van der Waals surface area (Å²) in [7, 11) is 0. The van der Waals surface area contributed by atoms with Gasteiger partial charge in [0.2, 0.25) is 5.89 Å². The molecule has 0 atom stereocenters. The van der Waals surface area contributed by atoms with Crippen LogP contribution in [0.25, 0.3) is 99.0 Å². The van der Waals surface area contributed by atoms with E-state index in [0.717, 1.165) is 61.2 Å². The summed E-state index contributed by atoms with van der Waals surface area (Å²) < 4.78 is 6.56. The molecule has 0 spiro atoms. The highest BCUT2D eigenvalue weighted by Gasteiger charge is 2.20. The Labute approximate surface area is 359 Å². The summed E-state index contributed by atoms with van der Waals surface area (Å²) in [6.07, 6.45) is 0. The first kappa shape index (κ1) is 35.7. The molecule has 0 aliphatic carbocycles. The van der Waals surface area contributed by atoms with Gasteiger partial charge in [-0.05, 0) is 126 Å². The number of para-hydroxylation sites is 1. The van der Waals surface area contributed by atoms with Crippen LogP contribution in [0.15, 0.2) is 235 Å². The van der Waals surface area contributed by atoms with Gasteiger partial charge in [-0.2, -0.15) is 0 Å². The van der Waals surface area contributed by atoms with E-state index in [1.807, 2.05) is 30.3 Å². The molecule has 0 unspecified atom stereocenters. The first-order valence-corrected chi connectivity index (χ1v) is 21.1. The zero-order chi connectivity index (χ0) is 41.0. The Hall–Kier alpha value is -8.27. The van der Waals surface area contributed by atoms with Crippen molar-refractivity contribution in [3.8, 4) is 44.8 Å². The van der Waals surface area contributed by atoms with Crippen LogP contribution in [0.4, 0.5) is 17.1 Å². The van der Waals surface area contributed by atoms with Crippen LogP contribution in [0, 0.1) is 0 Å². The normalized spacial score (nSPS) is 11.5. The second-order valence-electron chi connectivity index (χ2n) is 15.9. The maximum Gasteiger partial charge on any atom is 0.227 e. The molecule has 3 nitrogen and oxygen atoms in total. The van der Waals surface area contributed by atoms with E-state index in [9.17, 15) is 0 Å². The Morgan fingerprint density at radius 1 is 0.323 bits per heavy atom. The zero-order valence-corrected chi connectivity index (χ0v) is 33.7. The fraction of sp³-hybridized carbons (Fsp3) is 0.